The minimum absolute atomic E-state index is 0.310. The second-order valence-corrected chi connectivity index (χ2v) is 6.95. The fraction of sp³-hybridized carbons (Fsp3) is 0.0833. The van der Waals surface area contributed by atoms with E-state index in [9.17, 15) is 14.5 Å². The topological polar surface area (TPSA) is 80.0 Å². The lowest BCUT2D eigenvalue weighted by Crippen LogP contribution is -2.24. The summed E-state index contributed by atoms with van der Waals surface area (Å²) < 4.78 is 1.73. The van der Waals surface area contributed by atoms with Crippen LogP contribution in [0.3, 0.4) is 0 Å². The standard InChI is InChI=1S/C24H19N3O3/c1-16(26-30)17-10-12-19(13-11-17)25-24(29)23(28)22-21(18-7-3-2-4-8-18)15-20-9-5-6-14-27(20)22/h2-16H,1H3,(H,25,29). The molecule has 0 fully saturated rings. The molecular formula is C24H19N3O3. The summed E-state index contributed by atoms with van der Waals surface area (Å²) in [5.41, 5.74) is 3.90. The normalized spacial score (nSPS) is 11.8. The lowest BCUT2D eigenvalue weighted by atomic mass is 10.0. The van der Waals surface area contributed by atoms with Crippen LogP contribution >= 0.6 is 0 Å². The van der Waals surface area contributed by atoms with E-state index in [4.69, 9.17) is 0 Å². The zero-order valence-electron chi connectivity index (χ0n) is 16.3. The Hall–Kier alpha value is -4.06. The molecule has 2 heterocycles. The SMILES string of the molecule is CC(N=O)c1ccc(NC(=O)C(=O)c2c(-c3ccccc3)cc3ccccn23)cc1. The Morgan fingerprint density at radius 1 is 0.933 bits per heavy atom. The van der Waals surface area contributed by atoms with E-state index in [1.807, 2.05) is 54.6 Å². The van der Waals surface area contributed by atoms with E-state index in [0.717, 1.165) is 16.6 Å². The fourth-order valence-corrected chi connectivity index (χ4v) is 3.39. The number of carbonyl (C=O) groups is 2. The van der Waals surface area contributed by atoms with E-state index in [1.54, 1.807) is 41.8 Å². The van der Waals surface area contributed by atoms with Gasteiger partial charge in [0.2, 0.25) is 0 Å². The van der Waals surface area contributed by atoms with Crippen LogP contribution in [0.25, 0.3) is 16.6 Å². The minimum Gasteiger partial charge on any atom is -0.319 e. The van der Waals surface area contributed by atoms with Gasteiger partial charge in [0.05, 0.1) is 0 Å². The molecule has 2 aromatic heterocycles. The van der Waals surface area contributed by atoms with Crippen LogP contribution in [0.15, 0.2) is 90.2 Å². The highest BCUT2D eigenvalue weighted by Crippen LogP contribution is 2.28. The van der Waals surface area contributed by atoms with Crippen molar-refractivity contribution in [2.75, 3.05) is 5.32 Å². The number of carbonyl (C=O) groups excluding carboxylic acids is 2. The number of pyridine rings is 1. The molecule has 1 unspecified atom stereocenters. The Balaban J connectivity index is 1.67. The van der Waals surface area contributed by atoms with Crippen molar-refractivity contribution in [1.82, 2.24) is 4.40 Å². The first-order chi connectivity index (χ1) is 14.6. The minimum atomic E-state index is -0.731. The third-order valence-electron chi connectivity index (χ3n) is 4.99. The first-order valence-electron chi connectivity index (χ1n) is 9.52. The Kier molecular flexibility index (Phi) is 5.22. The van der Waals surface area contributed by atoms with Gasteiger partial charge in [-0.3, -0.25) is 9.59 Å². The van der Waals surface area contributed by atoms with Crippen LogP contribution in [-0.2, 0) is 4.79 Å². The first kappa shape index (κ1) is 19.3. The van der Waals surface area contributed by atoms with Gasteiger partial charge >= 0.3 is 0 Å². The predicted molar refractivity (Wildman–Crippen MR) is 116 cm³/mol. The number of nitrogens with one attached hydrogen (secondary N) is 1. The second kappa shape index (κ2) is 8.13. The summed E-state index contributed by atoms with van der Waals surface area (Å²) in [5, 5.41) is 5.63. The van der Waals surface area contributed by atoms with E-state index < -0.39 is 17.7 Å². The molecular weight excluding hydrogens is 378 g/mol. The average molecular weight is 397 g/mol. The van der Waals surface area contributed by atoms with Crippen LogP contribution < -0.4 is 5.32 Å². The smallest absolute Gasteiger partial charge is 0.298 e. The molecule has 0 saturated carbocycles. The van der Waals surface area contributed by atoms with Crippen LogP contribution in [-0.4, -0.2) is 16.1 Å². The zero-order chi connectivity index (χ0) is 21.1. The molecule has 6 nitrogen and oxygen atoms in total. The predicted octanol–water partition coefficient (Wildman–Crippen LogP) is 5.26. The third kappa shape index (κ3) is 3.63. The Labute approximate surface area is 173 Å². The monoisotopic (exact) mass is 397 g/mol. The number of nitrogens with zero attached hydrogens (tertiary/aromatic N) is 2. The summed E-state index contributed by atoms with van der Waals surface area (Å²) in [5.74, 6) is -1.36. The van der Waals surface area contributed by atoms with E-state index in [2.05, 4.69) is 10.5 Å². The van der Waals surface area contributed by atoms with Crippen molar-refractivity contribution >= 4 is 22.9 Å². The number of hydrogen-bond acceptors (Lipinski definition) is 4. The molecule has 0 radical (unpaired) electrons. The average Bonchev–Trinajstić information content (AvgIpc) is 3.18. The molecule has 0 aliphatic rings. The van der Waals surface area contributed by atoms with Crippen molar-refractivity contribution < 1.29 is 9.59 Å². The number of Topliss-reactive ketones (excluding diaryl/α,β-unsaturated/α-hetero) is 1. The number of anilines is 1. The summed E-state index contributed by atoms with van der Waals surface area (Å²) in [6.45, 7) is 1.69. The molecule has 4 aromatic rings. The molecule has 30 heavy (non-hydrogen) atoms. The Bertz CT molecular complexity index is 1230. The molecule has 6 heteroatoms. The van der Waals surface area contributed by atoms with Crippen molar-refractivity contribution in [3.05, 3.63) is 101 Å². The number of amides is 1. The second-order valence-electron chi connectivity index (χ2n) is 6.95. The molecule has 0 saturated heterocycles. The first-order valence-corrected chi connectivity index (χ1v) is 9.52. The van der Waals surface area contributed by atoms with Crippen molar-refractivity contribution in [3.8, 4) is 11.1 Å². The number of fused-ring (bicyclic) bond motifs is 1. The van der Waals surface area contributed by atoms with Gasteiger partial charge in [-0.05, 0) is 48.4 Å². The maximum atomic E-state index is 13.2. The Morgan fingerprint density at radius 2 is 1.63 bits per heavy atom. The highest BCUT2D eigenvalue weighted by atomic mass is 16.3. The molecule has 0 bridgehead atoms. The van der Waals surface area contributed by atoms with Gasteiger partial charge in [0.25, 0.3) is 11.7 Å². The lowest BCUT2D eigenvalue weighted by Gasteiger charge is -2.09. The van der Waals surface area contributed by atoms with Crippen LogP contribution in [0.1, 0.15) is 29.0 Å². The highest BCUT2D eigenvalue weighted by molar-refractivity contribution is 6.47. The number of nitroso groups, excluding NO2 is 1. The van der Waals surface area contributed by atoms with Gasteiger partial charge in [-0.15, -0.1) is 0 Å². The van der Waals surface area contributed by atoms with Crippen LogP contribution in [0, 0.1) is 4.91 Å². The molecule has 0 aliphatic carbocycles. The van der Waals surface area contributed by atoms with Gasteiger partial charge in [0, 0.05) is 23.0 Å². The number of benzene rings is 2. The largest absolute Gasteiger partial charge is 0.319 e. The van der Waals surface area contributed by atoms with E-state index in [-0.39, 0.29) is 0 Å². The molecule has 4 rings (SSSR count). The molecule has 1 atom stereocenters. The molecule has 1 N–H and O–H groups in total. The van der Waals surface area contributed by atoms with Crippen LogP contribution in [0.5, 0.6) is 0 Å². The van der Waals surface area contributed by atoms with Gasteiger partial charge in [-0.25, -0.2) is 0 Å². The number of rotatable bonds is 6. The number of aromatic nitrogens is 1. The summed E-state index contributed by atoms with van der Waals surface area (Å²) in [6, 6.07) is 23.2. The summed E-state index contributed by atoms with van der Waals surface area (Å²) in [7, 11) is 0. The van der Waals surface area contributed by atoms with Crippen LogP contribution in [0.2, 0.25) is 0 Å². The van der Waals surface area contributed by atoms with Gasteiger partial charge in [0.1, 0.15) is 11.7 Å². The maximum Gasteiger partial charge on any atom is 0.298 e. The van der Waals surface area contributed by atoms with Crippen LogP contribution in [0.4, 0.5) is 5.69 Å². The summed E-state index contributed by atoms with van der Waals surface area (Å²) >= 11 is 0. The fourth-order valence-electron chi connectivity index (χ4n) is 3.39. The molecule has 0 aliphatic heterocycles. The molecule has 0 spiro atoms. The van der Waals surface area contributed by atoms with Crippen molar-refractivity contribution in [1.29, 1.82) is 0 Å². The van der Waals surface area contributed by atoms with Gasteiger partial charge < -0.3 is 9.72 Å². The van der Waals surface area contributed by atoms with Gasteiger partial charge in [0.15, 0.2) is 0 Å². The Morgan fingerprint density at radius 3 is 2.33 bits per heavy atom. The maximum absolute atomic E-state index is 13.2. The molecule has 1 amide bonds. The molecule has 148 valence electrons. The van der Waals surface area contributed by atoms with Crippen molar-refractivity contribution in [3.63, 3.8) is 0 Å². The van der Waals surface area contributed by atoms with E-state index in [0.29, 0.717) is 16.9 Å². The van der Waals surface area contributed by atoms with Crippen molar-refractivity contribution in [2.45, 2.75) is 13.0 Å². The number of hydrogen-bond donors (Lipinski definition) is 1. The van der Waals surface area contributed by atoms with Crippen molar-refractivity contribution in [2.24, 2.45) is 5.18 Å². The summed E-state index contributed by atoms with van der Waals surface area (Å²) in [4.78, 5) is 36.6. The third-order valence-corrected chi connectivity index (χ3v) is 4.99. The van der Waals surface area contributed by atoms with E-state index in [1.165, 1.54) is 0 Å². The zero-order valence-corrected chi connectivity index (χ0v) is 16.3. The van der Waals surface area contributed by atoms with Gasteiger partial charge in [-0.2, -0.15) is 4.91 Å². The van der Waals surface area contributed by atoms with Gasteiger partial charge in [-0.1, -0.05) is 53.7 Å². The number of ketones is 1. The molecule has 2 aromatic carbocycles. The lowest BCUT2D eigenvalue weighted by molar-refractivity contribution is -0.112. The summed E-state index contributed by atoms with van der Waals surface area (Å²) in [6.07, 6.45) is 1.77. The quantitative estimate of drug-likeness (QED) is 0.274. The van der Waals surface area contributed by atoms with E-state index >= 15 is 0 Å². The highest BCUT2D eigenvalue weighted by Gasteiger charge is 2.24.